The molecule has 0 bridgehead atoms. The van der Waals surface area contributed by atoms with E-state index in [0.717, 1.165) is 11.3 Å². The Morgan fingerprint density at radius 3 is 2.50 bits per heavy atom. The van der Waals surface area contributed by atoms with Crippen LogP contribution in [-0.2, 0) is 9.53 Å². The number of nitro benzene ring substituents is 1. The maximum atomic E-state index is 13.9. The first kappa shape index (κ1) is 29.0. The lowest BCUT2D eigenvalue weighted by atomic mass is 9.95. The highest BCUT2D eigenvalue weighted by atomic mass is 79.9. The zero-order chi connectivity index (χ0) is 29.1. The van der Waals surface area contributed by atoms with Crippen molar-refractivity contribution in [3.8, 4) is 17.2 Å². The maximum absolute atomic E-state index is 13.9. The second kappa shape index (κ2) is 12.0. The number of nitro groups is 1. The largest absolute Gasteiger partial charge is 0.493 e. The number of rotatable bonds is 9. The molecule has 11 nitrogen and oxygen atoms in total. The lowest BCUT2D eigenvalue weighted by Gasteiger charge is -2.26. The maximum Gasteiger partial charge on any atom is 0.338 e. The van der Waals surface area contributed by atoms with Gasteiger partial charge in [0.05, 0.1) is 54.2 Å². The number of hydrogen-bond acceptors (Lipinski definition) is 10. The molecule has 2 aromatic carbocycles. The normalized spacial score (nSPS) is 14.8. The number of esters is 1. The number of nitrogens with zero attached hydrogens (tertiary/aromatic N) is 3. The van der Waals surface area contributed by atoms with Crippen molar-refractivity contribution >= 4 is 45.0 Å². The molecule has 0 amide bonds. The van der Waals surface area contributed by atoms with Crippen molar-refractivity contribution in [2.24, 2.45) is 4.99 Å². The zero-order valence-electron chi connectivity index (χ0n) is 22.3. The van der Waals surface area contributed by atoms with Gasteiger partial charge in [0.15, 0.2) is 22.0 Å². The SMILES string of the molecule is CCOC(=O)C1=C(C)N=c2s/c(=C/c3ccc(OC)c([N+](=O)[O-])c3)c(=O)n2[C@H]1c1cc(OC)c(OCC)cc1Br. The Hall–Kier alpha value is -3.97. The van der Waals surface area contributed by atoms with E-state index in [9.17, 15) is 19.7 Å². The fraction of sp³-hybridized carbons (Fsp3) is 0.296. The first-order valence-corrected chi connectivity index (χ1v) is 13.8. The van der Waals surface area contributed by atoms with Crippen LogP contribution in [0.4, 0.5) is 5.69 Å². The standard InChI is InChI=1S/C27H26BrN3O8S/c1-6-38-21-13-17(28)16(12-20(21)37-5)24-23(26(33)39-7-2)14(3)29-27-30(24)25(32)22(40-27)11-15-8-9-19(36-4)18(10-15)31(34)35/h8-13,24H,6-7H2,1-5H3/b22-11+/t24-/m0/s1. The molecule has 0 N–H and O–H groups in total. The highest BCUT2D eigenvalue weighted by molar-refractivity contribution is 9.10. The van der Waals surface area contributed by atoms with Gasteiger partial charge < -0.3 is 18.9 Å². The summed E-state index contributed by atoms with van der Waals surface area (Å²) in [4.78, 5) is 43.0. The van der Waals surface area contributed by atoms with E-state index in [1.807, 2.05) is 6.92 Å². The predicted octanol–water partition coefficient (Wildman–Crippen LogP) is 3.88. The second-order valence-corrected chi connectivity index (χ2v) is 10.3. The molecule has 40 heavy (non-hydrogen) atoms. The molecule has 3 aromatic rings. The molecule has 13 heteroatoms. The summed E-state index contributed by atoms with van der Waals surface area (Å²) in [5.74, 6) is 0.416. The quantitative estimate of drug-likeness (QED) is 0.197. The van der Waals surface area contributed by atoms with Crippen LogP contribution in [0.2, 0.25) is 0 Å². The van der Waals surface area contributed by atoms with E-state index in [2.05, 4.69) is 20.9 Å². The van der Waals surface area contributed by atoms with Crippen LogP contribution < -0.4 is 29.1 Å². The third-order valence-electron chi connectivity index (χ3n) is 6.09. The summed E-state index contributed by atoms with van der Waals surface area (Å²) in [5, 5.41) is 11.5. The van der Waals surface area contributed by atoms with Gasteiger partial charge >= 0.3 is 11.7 Å². The fourth-order valence-electron chi connectivity index (χ4n) is 4.36. The van der Waals surface area contributed by atoms with Crippen LogP contribution >= 0.6 is 27.3 Å². The summed E-state index contributed by atoms with van der Waals surface area (Å²) < 4.78 is 23.9. The lowest BCUT2D eigenvalue weighted by molar-refractivity contribution is -0.385. The number of carbonyl (C=O) groups excluding carboxylic acids is 1. The van der Waals surface area contributed by atoms with E-state index in [0.29, 0.717) is 44.2 Å². The monoisotopic (exact) mass is 631 g/mol. The Balaban J connectivity index is 1.98. The number of hydrogen-bond donors (Lipinski definition) is 0. The number of ether oxygens (including phenoxy) is 4. The number of aromatic nitrogens is 1. The molecule has 1 aromatic heterocycles. The molecule has 0 radical (unpaired) electrons. The number of halogens is 1. The van der Waals surface area contributed by atoms with Gasteiger partial charge in [-0.25, -0.2) is 9.79 Å². The van der Waals surface area contributed by atoms with Crippen LogP contribution in [-0.4, -0.2) is 42.9 Å². The van der Waals surface area contributed by atoms with Gasteiger partial charge in [-0.15, -0.1) is 0 Å². The van der Waals surface area contributed by atoms with Gasteiger partial charge in [-0.2, -0.15) is 0 Å². The summed E-state index contributed by atoms with van der Waals surface area (Å²) in [6, 6.07) is 6.95. The molecule has 2 heterocycles. The van der Waals surface area contributed by atoms with Gasteiger partial charge in [0, 0.05) is 10.5 Å². The Kier molecular flexibility index (Phi) is 8.74. The van der Waals surface area contributed by atoms with Crippen molar-refractivity contribution in [1.29, 1.82) is 0 Å². The van der Waals surface area contributed by atoms with E-state index < -0.39 is 22.5 Å². The van der Waals surface area contributed by atoms with Crippen molar-refractivity contribution in [3.05, 3.63) is 87.0 Å². The Labute approximate surface area is 241 Å². The molecule has 210 valence electrons. The van der Waals surface area contributed by atoms with Crippen molar-refractivity contribution < 1.29 is 28.7 Å². The second-order valence-electron chi connectivity index (χ2n) is 8.45. The van der Waals surface area contributed by atoms with Gasteiger partial charge in [-0.05, 0) is 56.2 Å². The zero-order valence-corrected chi connectivity index (χ0v) is 24.8. The molecule has 0 saturated carbocycles. The summed E-state index contributed by atoms with van der Waals surface area (Å²) in [6.07, 6.45) is 1.55. The van der Waals surface area contributed by atoms with Crippen molar-refractivity contribution in [2.75, 3.05) is 27.4 Å². The molecule has 0 spiro atoms. The van der Waals surface area contributed by atoms with Gasteiger partial charge in [0.25, 0.3) is 5.56 Å². The minimum atomic E-state index is -0.901. The van der Waals surface area contributed by atoms with E-state index in [4.69, 9.17) is 18.9 Å². The van der Waals surface area contributed by atoms with Crippen LogP contribution in [0.5, 0.6) is 17.2 Å². The molecule has 0 saturated heterocycles. The number of fused-ring (bicyclic) bond motifs is 1. The molecular formula is C27H26BrN3O8S. The van der Waals surface area contributed by atoms with E-state index in [-0.39, 0.29) is 28.1 Å². The third-order valence-corrected chi connectivity index (χ3v) is 7.76. The number of thiazole rings is 1. The van der Waals surface area contributed by atoms with Gasteiger partial charge in [0.2, 0.25) is 0 Å². The van der Waals surface area contributed by atoms with Crippen LogP contribution in [0.3, 0.4) is 0 Å². The number of methoxy groups -OCH3 is 2. The molecule has 4 rings (SSSR count). The Morgan fingerprint density at radius 1 is 1.15 bits per heavy atom. The van der Waals surface area contributed by atoms with Gasteiger partial charge in [-0.1, -0.05) is 33.3 Å². The van der Waals surface area contributed by atoms with Crippen LogP contribution in [0.25, 0.3) is 6.08 Å². The number of benzene rings is 2. The molecular weight excluding hydrogens is 606 g/mol. The highest BCUT2D eigenvalue weighted by Crippen LogP contribution is 2.41. The van der Waals surface area contributed by atoms with Crippen LogP contribution in [0.15, 0.2) is 55.9 Å². The topological polar surface area (TPSA) is 131 Å². The molecule has 0 aliphatic carbocycles. The molecule has 0 fully saturated rings. The van der Waals surface area contributed by atoms with E-state index in [1.54, 1.807) is 38.1 Å². The molecule has 1 atom stereocenters. The fourth-order valence-corrected chi connectivity index (χ4v) is 5.95. The van der Waals surface area contributed by atoms with Crippen molar-refractivity contribution in [3.63, 3.8) is 0 Å². The first-order chi connectivity index (χ1) is 19.1. The predicted molar refractivity (Wildman–Crippen MR) is 152 cm³/mol. The minimum Gasteiger partial charge on any atom is -0.493 e. The first-order valence-electron chi connectivity index (χ1n) is 12.2. The van der Waals surface area contributed by atoms with Crippen LogP contribution in [0.1, 0.15) is 37.9 Å². The Bertz CT molecular complexity index is 1710. The van der Waals surface area contributed by atoms with Crippen molar-refractivity contribution in [2.45, 2.75) is 26.8 Å². The number of allylic oxidation sites excluding steroid dienone is 1. The summed E-state index contributed by atoms with van der Waals surface area (Å²) in [6.45, 7) is 5.78. The lowest BCUT2D eigenvalue weighted by Crippen LogP contribution is -2.40. The average Bonchev–Trinajstić information content (AvgIpc) is 3.22. The van der Waals surface area contributed by atoms with E-state index in [1.165, 1.54) is 30.9 Å². The minimum absolute atomic E-state index is 0.104. The highest BCUT2D eigenvalue weighted by Gasteiger charge is 2.35. The summed E-state index contributed by atoms with van der Waals surface area (Å²) >= 11 is 4.69. The third kappa shape index (κ3) is 5.39. The van der Waals surface area contributed by atoms with Gasteiger partial charge in [0.1, 0.15) is 0 Å². The summed E-state index contributed by atoms with van der Waals surface area (Å²) in [7, 11) is 2.85. The molecule has 1 aliphatic rings. The smallest absolute Gasteiger partial charge is 0.338 e. The molecule has 0 unspecified atom stereocenters. The van der Waals surface area contributed by atoms with Crippen molar-refractivity contribution in [1.82, 2.24) is 4.57 Å². The molecule has 1 aliphatic heterocycles. The summed E-state index contributed by atoms with van der Waals surface area (Å²) in [5.41, 5.74) is 0.933. The van der Waals surface area contributed by atoms with E-state index >= 15 is 0 Å². The van der Waals surface area contributed by atoms with Gasteiger partial charge in [-0.3, -0.25) is 19.5 Å². The van der Waals surface area contributed by atoms with Crippen LogP contribution in [0, 0.1) is 10.1 Å². The Morgan fingerprint density at radius 2 is 1.88 bits per heavy atom. The number of carbonyl (C=O) groups is 1. The average molecular weight is 632 g/mol.